The van der Waals surface area contributed by atoms with Gasteiger partial charge in [0.05, 0.1) is 0 Å². The van der Waals surface area contributed by atoms with Gasteiger partial charge in [-0.3, -0.25) is 0 Å². The lowest BCUT2D eigenvalue weighted by Gasteiger charge is -2.23. The number of hydrogen-bond donors (Lipinski definition) is 2. The summed E-state index contributed by atoms with van der Waals surface area (Å²) in [4.78, 5) is 15.4. The molecule has 0 atom stereocenters. The molecule has 2 N–H and O–H groups in total. The number of hydrogen-bond acceptors (Lipinski definition) is 3. The van der Waals surface area contributed by atoms with Gasteiger partial charge in [0.2, 0.25) is 0 Å². The maximum absolute atomic E-state index is 12.0. The van der Waals surface area contributed by atoms with Gasteiger partial charge in [0.15, 0.2) is 0 Å². The highest BCUT2D eigenvalue weighted by Gasteiger charge is 2.06. The third kappa shape index (κ3) is 5.49. The molecular weight excluding hydrogens is 318 g/mol. The Morgan fingerprint density at radius 3 is 2.54 bits per heavy atom. The zero-order valence-corrected chi connectivity index (χ0v) is 15.3. The fourth-order valence-electron chi connectivity index (χ4n) is 2.45. The van der Waals surface area contributed by atoms with Crippen molar-refractivity contribution >= 4 is 29.2 Å². The van der Waals surface area contributed by atoms with Gasteiger partial charge < -0.3 is 15.5 Å². The predicted molar refractivity (Wildman–Crippen MR) is 104 cm³/mol. The number of carbonyl (C=O) groups excluding carboxylic acids is 1. The van der Waals surface area contributed by atoms with Crippen molar-refractivity contribution in [2.24, 2.45) is 0 Å². The van der Waals surface area contributed by atoms with Gasteiger partial charge in [-0.15, -0.1) is 11.8 Å². The van der Waals surface area contributed by atoms with E-state index in [1.165, 1.54) is 16.1 Å². The van der Waals surface area contributed by atoms with E-state index in [0.717, 1.165) is 18.8 Å². The van der Waals surface area contributed by atoms with E-state index in [2.05, 4.69) is 53.6 Å². The van der Waals surface area contributed by atoms with Gasteiger partial charge in [-0.05, 0) is 62.1 Å². The van der Waals surface area contributed by atoms with E-state index in [1.807, 2.05) is 30.5 Å². The lowest BCUT2D eigenvalue weighted by atomic mass is 10.2. The summed E-state index contributed by atoms with van der Waals surface area (Å²) in [5.74, 6) is 0. The molecule has 0 unspecified atom stereocenters. The van der Waals surface area contributed by atoms with E-state index >= 15 is 0 Å². The van der Waals surface area contributed by atoms with Crippen molar-refractivity contribution < 1.29 is 4.79 Å². The molecule has 0 fully saturated rings. The second-order valence-corrected chi connectivity index (χ2v) is 6.41. The largest absolute Gasteiger partial charge is 0.370 e. The number of nitrogens with one attached hydrogen (secondary N) is 2. The highest BCUT2D eigenvalue weighted by Crippen LogP contribution is 2.17. The van der Waals surface area contributed by atoms with Crippen LogP contribution in [0.4, 0.5) is 16.2 Å². The van der Waals surface area contributed by atoms with Crippen LogP contribution in [0.25, 0.3) is 0 Å². The maximum Gasteiger partial charge on any atom is 0.319 e. The third-order valence-corrected chi connectivity index (χ3v) is 4.51. The minimum Gasteiger partial charge on any atom is -0.370 e. The van der Waals surface area contributed by atoms with Gasteiger partial charge >= 0.3 is 6.03 Å². The van der Waals surface area contributed by atoms with Crippen molar-refractivity contribution in [3.8, 4) is 0 Å². The van der Waals surface area contributed by atoms with Crippen molar-refractivity contribution in [1.82, 2.24) is 5.32 Å². The fraction of sp³-hybridized carbons (Fsp3) is 0.316. The first-order valence-electron chi connectivity index (χ1n) is 8.13. The predicted octanol–water partition coefficient (Wildman–Crippen LogP) is 4.36. The van der Waals surface area contributed by atoms with Crippen LogP contribution in [0.1, 0.15) is 12.5 Å². The van der Waals surface area contributed by atoms with Crippen molar-refractivity contribution in [1.29, 1.82) is 0 Å². The van der Waals surface area contributed by atoms with E-state index in [9.17, 15) is 4.79 Å². The van der Waals surface area contributed by atoms with Gasteiger partial charge in [0, 0.05) is 35.9 Å². The lowest BCUT2D eigenvalue weighted by molar-refractivity contribution is 0.252. The van der Waals surface area contributed by atoms with Crippen LogP contribution >= 0.6 is 11.8 Å². The second kappa shape index (κ2) is 9.23. The molecular formula is C19H25N3OS. The summed E-state index contributed by atoms with van der Waals surface area (Å²) in [5.41, 5.74) is 3.23. The molecule has 5 heteroatoms. The van der Waals surface area contributed by atoms with Crippen LogP contribution in [0.3, 0.4) is 0 Å². The van der Waals surface area contributed by atoms with E-state index in [1.54, 1.807) is 11.8 Å². The maximum atomic E-state index is 12.0. The lowest BCUT2D eigenvalue weighted by Crippen LogP contribution is -2.37. The number of nitrogens with zero attached hydrogens (tertiary/aromatic N) is 1. The number of rotatable bonds is 7. The first kappa shape index (κ1) is 18.2. The summed E-state index contributed by atoms with van der Waals surface area (Å²) in [6.07, 6.45) is 2.03. The molecule has 0 aliphatic rings. The minimum atomic E-state index is -0.174. The number of urea groups is 1. The van der Waals surface area contributed by atoms with Crippen LogP contribution in [0, 0.1) is 6.92 Å². The Morgan fingerprint density at radius 1 is 1.17 bits per heavy atom. The van der Waals surface area contributed by atoms with Gasteiger partial charge in [-0.25, -0.2) is 4.79 Å². The Bertz CT molecular complexity index is 658. The number of amides is 2. The first-order valence-corrected chi connectivity index (χ1v) is 9.35. The molecule has 0 spiro atoms. The molecule has 2 aromatic rings. The Hall–Kier alpha value is -2.14. The number of benzene rings is 2. The molecule has 0 aliphatic heterocycles. The van der Waals surface area contributed by atoms with Gasteiger partial charge in [0.1, 0.15) is 0 Å². The molecule has 0 saturated heterocycles. The quantitative estimate of drug-likeness (QED) is 0.734. The summed E-state index contributed by atoms with van der Waals surface area (Å²) in [6.45, 7) is 6.49. The molecule has 128 valence electrons. The van der Waals surface area contributed by atoms with Crippen molar-refractivity contribution in [3.63, 3.8) is 0 Å². The number of carbonyl (C=O) groups is 1. The van der Waals surface area contributed by atoms with E-state index in [0.29, 0.717) is 6.54 Å². The standard InChI is InChI=1S/C19H25N3OS/c1-4-22(17-7-5-6-15(2)14-17)13-12-20-19(23)21-16-8-10-18(24-3)11-9-16/h5-11,14H,4,12-13H2,1-3H3,(H2,20,21,23). The van der Waals surface area contributed by atoms with Crippen LogP contribution in [0.5, 0.6) is 0 Å². The van der Waals surface area contributed by atoms with Crippen molar-refractivity contribution in [3.05, 3.63) is 54.1 Å². The summed E-state index contributed by atoms with van der Waals surface area (Å²) in [7, 11) is 0. The molecule has 2 rings (SSSR count). The molecule has 0 aromatic heterocycles. The zero-order valence-electron chi connectivity index (χ0n) is 14.5. The smallest absolute Gasteiger partial charge is 0.319 e. The molecule has 2 amide bonds. The SMILES string of the molecule is CCN(CCNC(=O)Nc1ccc(SC)cc1)c1cccc(C)c1. The van der Waals surface area contributed by atoms with Crippen LogP contribution < -0.4 is 15.5 Å². The second-order valence-electron chi connectivity index (χ2n) is 5.53. The summed E-state index contributed by atoms with van der Waals surface area (Å²) in [5, 5.41) is 5.77. The third-order valence-electron chi connectivity index (χ3n) is 3.76. The molecule has 24 heavy (non-hydrogen) atoms. The molecule has 0 heterocycles. The van der Waals surface area contributed by atoms with E-state index in [-0.39, 0.29) is 6.03 Å². The van der Waals surface area contributed by atoms with Gasteiger partial charge in [0.25, 0.3) is 0 Å². The minimum absolute atomic E-state index is 0.174. The Morgan fingerprint density at radius 2 is 1.92 bits per heavy atom. The Labute approximate surface area is 148 Å². The Balaban J connectivity index is 1.80. The van der Waals surface area contributed by atoms with Crippen LogP contribution in [0.2, 0.25) is 0 Å². The molecule has 4 nitrogen and oxygen atoms in total. The average molecular weight is 343 g/mol. The number of thioether (sulfide) groups is 1. The monoisotopic (exact) mass is 343 g/mol. The molecule has 0 radical (unpaired) electrons. The highest BCUT2D eigenvalue weighted by atomic mass is 32.2. The van der Waals surface area contributed by atoms with E-state index in [4.69, 9.17) is 0 Å². The molecule has 0 saturated carbocycles. The fourth-order valence-corrected chi connectivity index (χ4v) is 2.86. The molecule has 2 aromatic carbocycles. The first-order chi connectivity index (χ1) is 11.6. The van der Waals surface area contributed by atoms with E-state index < -0.39 is 0 Å². The topological polar surface area (TPSA) is 44.4 Å². The summed E-state index contributed by atoms with van der Waals surface area (Å²) < 4.78 is 0. The highest BCUT2D eigenvalue weighted by molar-refractivity contribution is 7.98. The number of aryl methyl sites for hydroxylation is 1. The number of anilines is 2. The summed E-state index contributed by atoms with van der Waals surface area (Å²) >= 11 is 1.68. The Kier molecular flexibility index (Phi) is 7.00. The molecule has 0 aliphatic carbocycles. The normalized spacial score (nSPS) is 10.3. The van der Waals surface area contributed by atoms with Crippen molar-refractivity contribution in [2.75, 3.05) is 36.1 Å². The number of likely N-dealkylation sites (N-methyl/N-ethyl adjacent to an activating group) is 1. The van der Waals surface area contributed by atoms with Crippen LogP contribution in [0.15, 0.2) is 53.4 Å². The van der Waals surface area contributed by atoms with Crippen LogP contribution in [-0.4, -0.2) is 31.9 Å². The van der Waals surface area contributed by atoms with Gasteiger partial charge in [-0.1, -0.05) is 12.1 Å². The van der Waals surface area contributed by atoms with Crippen LogP contribution in [-0.2, 0) is 0 Å². The molecule has 0 bridgehead atoms. The zero-order chi connectivity index (χ0) is 17.4. The van der Waals surface area contributed by atoms with Gasteiger partial charge in [-0.2, -0.15) is 0 Å². The summed E-state index contributed by atoms with van der Waals surface area (Å²) in [6, 6.07) is 16.1. The average Bonchev–Trinajstić information content (AvgIpc) is 2.59. The van der Waals surface area contributed by atoms with Crippen molar-refractivity contribution in [2.45, 2.75) is 18.7 Å².